The van der Waals surface area contributed by atoms with Crippen molar-refractivity contribution in [3.8, 4) is 0 Å². The predicted molar refractivity (Wildman–Crippen MR) is 135 cm³/mol. The summed E-state index contributed by atoms with van der Waals surface area (Å²) in [5.41, 5.74) is -0.102. The molecule has 1 amide bonds. The average molecular weight is 508 g/mol. The van der Waals surface area contributed by atoms with Crippen molar-refractivity contribution in [2.75, 3.05) is 12.4 Å². The molecule has 0 bridgehead atoms. The maximum atomic E-state index is 11.4. The molecule has 192 valence electrons. The Kier molecular flexibility index (Phi) is 14.6. The summed E-state index contributed by atoms with van der Waals surface area (Å²) in [4.78, 5) is 32.6. The van der Waals surface area contributed by atoms with Gasteiger partial charge in [0.1, 0.15) is 0 Å². The van der Waals surface area contributed by atoms with Crippen LogP contribution in [0.4, 0.5) is 0 Å². The second-order valence-electron chi connectivity index (χ2n) is 7.68. The first-order valence-electron chi connectivity index (χ1n) is 10.7. The number of esters is 1. The molecule has 0 heterocycles. The van der Waals surface area contributed by atoms with Gasteiger partial charge in [-0.2, -0.15) is 8.42 Å². The molecule has 0 fully saturated rings. The molecule has 0 aliphatic heterocycles. The molecule has 1 unspecified atom stereocenters. The fourth-order valence-electron chi connectivity index (χ4n) is 2.56. The molecular formula is C25H33NO8S. The molecular weight excluding hydrogens is 474 g/mol. The summed E-state index contributed by atoms with van der Waals surface area (Å²) in [6, 6.07) is 9.47. The van der Waals surface area contributed by atoms with Crippen LogP contribution < -0.4 is 5.32 Å². The SMILES string of the molecule is C=C(C=CC(=O)O)C(=O)OCCCC.C=CC(=O)NC(C)(CC=Cc1ccccc1)CS(=O)(=O)O. The summed E-state index contributed by atoms with van der Waals surface area (Å²) in [6.07, 6.45) is 8.59. The molecule has 0 spiro atoms. The maximum absolute atomic E-state index is 11.4. The third kappa shape index (κ3) is 16.7. The maximum Gasteiger partial charge on any atom is 0.337 e. The van der Waals surface area contributed by atoms with Crippen LogP contribution >= 0.6 is 0 Å². The molecule has 1 atom stereocenters. The minimum atomic E-state index is -4.21. The summed E-state index contributed by atoms with van der Waals surface area (Å²) in [7, 11) is -4.21. The third-order valence-corrected chi connectivity index (χ3v) is 5.21. The van der Waals surface area contributed by atoms with Gasteiger partial charge in [-0.05, 0) is 37.5 Å². The fourth-order valence-corrected chi connectivity index (χ4v) is 3.55. The van der Waals surface area contributed by atoms with Crippen molar-refractivity contribution in [1.82, 2.24) is 5.32 Å². The Morgan fingerprint density at radius 3 is 2.31 bits per heavy atom. The van der Waals surface area contributed by atoms with Crippen molar-refractivity contribution in [1.29, 1.82) is 0 Å². The molecule has 1 aromatic carbocycles. The van der Waals surface area contributed by atoms with E-state index in [9.17, 15) is 22.8 Å². The number of ether oxygens (including phenoxy) is 1. The molecule has 0 radical (unpaired) electrons. The quantitative estimate of drug-likeness (QED) is 0.121. The lowest BCUT2D eigenvalue weighted by atomic mass is 9.99. The Morgan fingerprint density at radius 1 is 1.17 bits per heavy atom. The van der Waals surface area contributed by atoms with Gasteiger partial charge in [-0.3, -0.25) is 9.35 Å². The van der Waals surface area contributed by atoms with Crippen LogP contribution in [0.2, 0.25) is 0 Å². The smallest absolute Gasteiger partial charge is 0.337 e. The number of carboxylic acids is 1. The van der Waals surface area contributed by atoms with E-state index >= 15 is 0 Å². The lowest BCUT2D eigenvalue weighted by Gasteiger charge is -2.27. The summed E-state index contributed by atoms with van der Waals surface area (Å²) in [6.45, 7) is 10.6. The minimum Gasteiger partial charge on any atom is -0.478 e. The van der Waals surface area contributed by atoms with Crippen molar-refractivity contribution in [3.63, 3.8) is 0 Å². The molecule has 9 nitrogen and oxygen atoms in total. The van der Waals surface area contributed by atoms with E-state index in [1.54, 1.807) is 13.0 Å². The second kappa shape index (κ2) is 16.2. The zero-order chi connectivity index (χ0) is 26.9. The van der Waals surface area contributed by atoms with Crippen LogP contribution in [0.5, 0.6) is 0 Å². The summed E-state index contributed by atoms with van der Waals surface area (Å²) in [5.74, 6) is -2.75. The Hall–Kier alpha value is -3.50. The first-order chi connectivity index (χ1) is 16.3. The lowest BCUT2D eigenvalue weighted by molar-refractivity contribution is -0.138. The van der Waals surface area contributed by atoms with Crippen LogP contribution in [0.1, 0.15) is 38.7 Å². The predicted octanol–water partition coefficient (Wildman–Crippen LogP) is 3.57. The van der Waals surface area contributed by atoms with Crippen LogP contribution in [0.25, 0.3) is 6.08 Å². The van der Waals surface area contributed by atoms with Crippen LogP contribution in [-0.4, -0.2) is 53.8 Å². The first-order valence-corrected chi connectivity index (χ1v) is 12.3. The van der Waals surface area contributed by atoms with E-state index in [1.807, 2.05) is 43.3 Å². The molecule has 0 aromatic heterocycles. The van der Waals surface area contributed by atoms with Crippen molar-refractivity contribution in [2.24, 2.45) is 0 Å². The van der Waals surface area contributed by atoms with Gasteiger partial charge in [0.15, 0.2) is 0 Å². The molecule has 0 saturated heterocycles. The highest BCUT2D eigenvalue weighted by molar-refractivity contribution is 7.85. The Morgan fingerprint density at radius 2 is 1.80 bits per heavy atom. The number of carboxylic acid groups (broad SMARTS) is 1. The number of rotatable bonds is 13. The van der Waals surface area contributed by atoms with Gasteiger partial charge in [-0.15, -0.1) is 0 Å². The van der Waals surface area contributed by atoms with Gasteiger partial charge in [-0.1, -0.05) is 69.0 Å². The normalized spacial score (nSPS) is 12.8. The minimum absolute atomic E-state index is 0.0449. The molecule has 3 N–H and O–H groups in total. The van der Waals surface area contributed by atoms with E-state index in [4.69, 9.17) is 14.4 Å². The molecule has 0 aliphatic rings. The number of amides is 1. The van der Waals surface area contributed by atoms with Crippen molar-refractivity contribution < 1.29 is 37.2 Å². The molecule has 0 aliphatic carbocycles. The van der Waals surface area contributed by atoms with Gasteiger partial charge in [-0.25, -0.2) is 9.59 Å². The van der Waals surface area contributed by atoms with Crippen LogP contribution in [0.15, 0.2) is 73.4 Å². The van der Waals surface area contributed by atoms with Gasteiger partial charge < -0.3 is 15.2 Å². The number of hydrogen-bond donors (Lipinski definition) is 3. The molecule has 1 aromatic rings. The average Bonchev–Trinajstić information content (AvgIpc) is 2.77. The largest absolute Gasteiger partial charge is 0.478 e. The first kappa shape index (κ1) is 31.5. The summed E-state index contributed by atoms with van der Waals surface area (Å²) < 4.78 is 36.0. The highest BCUT2D eigenvalue weighted by atomic mass is 32.2. The molecule has 1 rings (SSSR count). The Labute approximate surface area is 206 Å². The van der Waals surface area contributed by atoms with Gasteiger partial charge >= 0.3 is 11.9 Å². The summed E-state index contributed by atoms with van der Waals surface area (Å²) in [5, 5.41) is 10.8. The monoisotopic (exact) mass is 507 g/mol. The van der Waals surface area contributed by atoms with Gasteiger partial charge in [0.05, 0.1) is 23.5 Å². The van der Waals surface area contributed by atoms with Crippen molar-refractivity contribution in [3.05, 3.63) is 78.9 Å². The van der Waals surface area contributed by atoms with E-state index < -0.39 is 39.3 Å². The summed E-state index contributed by atoms with van der Waals surface area (Å²) >= 11 is 0. The van der Waals surface area contributed by atoms with Crippen molar-refractivity contribution >= 4 is 34.0 Å². The fraction of sp³-hybridized carbons (Fsp3) is 0.320. The number of hydrogen-bond acceptors (Lipinski definition) is 6. The van der Waals surface area contributed by atoms with E-state index in [2.05, 4.69) is 18.5 Å². The lowest BCUT2D eigenvalue weighted by Crippen LogP contribution is -2.49. The number of aliphatic carboxylic acids is 1. The molecule has 0 saturated carbocycles. The standard InChI is InChI=1S/C15H19NO4S.C10H14O4/c1-3-14(17)16-15(2,12-21(18,19)20)11-7-10-13-8-5-4-6-9-13;1-3-4-7-14-10(13)8(2)5-6-9(11)12/h3-10H,1,11-12H2,2H3,(H,16,17)(H,18,19,20);5-6H,2-4,7H2,1H3,(H,11,12). The van der Waals surface area contributed by atoms with Crippen molar-refractivity contribution in [2.45, 2.75) is 38.6 Å². The highest BCUT2D eigenvalue weighted by Gasteiger charge is 2.30. The highest BCUT2D eigenvalue weighted by Crippen LogP contribution is 2.15. The van der Waals surface area contributed by atoms with E-state index in [1.165, 1.54) is 0 Å². The van der Waals surface area contributed by atoms with E-state index in [0.29, 0.717) is 6.61 Å². The number of nitrogens with one attached hydrogen (secondary N) is 1. The number of carbonyl (C=O) groups is 3. The zero-order valence-corrected chi connectivity index (χ0v) is 20.8. The zero-order valence-electron chi connectivity index (χ0n) is 20.0. The molecule has 35 heavy (non-hydrogen) atoms. The number of carbonyl (C=O) groups excluding carboxylic acids is 2. The van der Waals surface area contributed by atoms with Gasteiger partial charge in [0, 0.05) is 6.08 Å². The van der Waals surface area contributed by atoms with Gasteiger partial charge in [0.2, 0.25) is 5.91 Å². The van der Waals surface area contributed by atoms with Crippen LogP contribution in [-0.2, 0) is 29.2 Å². The van der Waals surface area contributed by atoms with Crippen LogP contribution in [0.3, 0.4) is 0 Å². The second-order valence-corrected chi connectivity index (χ2v) is 9.14. The topological polar surface area (TPSA) is 147 Å². The number of unbranched alkanes of at least 4 members (excludes halogenated alkanes) is 1. The molecule has 10 heteroatoms. The van der Waals surface area contributed by atoms with E-state index in [0.717, 1.165) is 36.6 Å². The number of benzene rings is 1. The van der Waals surface area contributed by atoms with Crippen LogP contribution in [0, 0.1) is 0 Å². The third-order valence-electron chi connectivity index (χ3n) is 4.21. The Balaban J connectivity index is 0.000000720. The van der Waals surface area contributed by atoms with E-state index in [-0.39, 0.29) is 12.0 Å². The van der Waals surface area contributed by atoms with Gasteiger partial charge in [0.25, 0.3) is 10.1 Å². The Bertz CT molecular complexity index is 1030.